The Morgan fingerprint density at radius 3 is 2.22 bits per heavy atom. The lowest BCUT2D eigenvalue weighted by molar-refractivity contribution is 0.0671. The molecule has 0 aromatic heterocycles. The van der Waals surface area contributed by atoms with E-state index in [0.717, 1.165) is 18.4 Å². The first-order valence-electron chi connectivity index (χ1n) is 11.2. The Kier molecular flexibility index (Phi) is 6.69. The zero-order valence-electron chi connectivity index (χ0n) is 18.4. The quantitative estimate of drug-likeness (QED) is 0.712. The number of hydrogen-bond acceptors (Lipinski definition) is 2. The second-order valence-electron chi connectivity index (χ2n) is 11.0. The SMILES string of the molecule is CC(C)(C)C1CCNC(CC(C)(C)C2CCN(Cc3ccccc3)CC2)C1. The molecule has 2 saturated heterocycles. The molecule has 0 aliphatic carbocycles. The maximum absolute atomic E-state index is 3.85. The van der Waals surface area contributed by atoms with Crippen LogP contribution in [0.4, 0.5) is 0 Å². The first kappa shape index (κ1) is 20.9. The first-order chi connectivity index (χ1) is 12.7. The van der Waals surface area contributed by atoms with Gasteiger partial charge in [0.25, 0.3) is 0 Å². The molecule has 0 saturated carbocycles. The fourth-order valence-electron chi connectivity index (χ4n) is 5.46. The van der Waals surface area contributed by atoms with E-state index in [1.165, 1.54) is 57.3 Å². The Labute approximate surface area is 168 Å². The van der Waals surface area contributed by atoms with Crippen LogP contribution in [0, 0.1) is 22.7 Å². The Morgan fingerprint density at radius 1 is 0.926 bits per heavy atom. The molecule has 2 fully saturated rings. The number of likely N-dealkylation sites (tertiary alicyclic amines) is 1. The van der Waals surface area contributed by atoms with E-state index < -0.39 is 0 Å². The molecule has 2 unspecified atom stereocenters. The van der Waals surface area contributed by atoms with Gasteiger partial charge in [-0.25, -0.2) is 0 Å². The van der Waals surface area contributed by atoms with Crippen LogP contribution in [-0.2, 0) is 6.54 Å². The van der Waals surface area contributed by atoms with Crippen molar-refractivity contribution in [2.45, 2.75) is 79.3 Å². The minimum atomic E-state index is 0.441. The Hall–Kier alpha value is -0.860. The number of benzene rings is 1. The van der Waals surface area contributed by atoms with Crippen LogP contribution in [-0.4, -0.2) is 30.6 Å². The second kappa shape index (κ2) is 8.66. The van der Waals surface area contributed by atoms with Crippen molar-refractivity contribution in [3.8, 4) is 0 Å². The third kappa shape index (κ3) is 5.81. The van der Waals surface area contributed by atoms with Gasteiger partial charge in [-0.2, -0.15) is 0 Å². The third-order valence-corrected chi connectivity index (χ3v) is 7.43. The number of rotatable bonds is 5. The maximum atomic E-state index is 3.85. The Morgan fingerprint density at radius 2 is 1.59 bits per heavy atom. The van der Waals surface area contributed by atoms with E-state index in [4.69, 9.17) is 0 Å². The molecule has 1 aromatic carbocycles. The highest BCUT2D eigenvalue weighted by Gasteiger charge is 2.37. The molecule has 1 N–H and O–H groups in total. The van der Waals surface area contributed by atoms with Crippen molar-refractivity contribution in [2.75, 3.05) is 19.6 Å². The van der Waals surface area contributed by atoms with Gasteiger partial charge in [-0.1, -0.05) is 65.0 Å². The van der Waals surface area contributed by atoms with Crippen molar-refractivity contribution in [3.63, 3.8) is 0 Å². The highest BCUT2D eigenvalue weighted by Crippen LogP contribution is 2.42. The highest BCUT2D eigenvalue weighted by atomic mass is 15.1. The predicted molar refractivity (Wildman–Crippen MR) is 117 cm³/mol. The van der Waals surface area contributed by atoms with Gasteiger partial charge in [-0.15, -0.1) is 0 Å². The summed E-state index contributed by atoms with van der Waals surface area (Å²) in [7, 11) is 0. The van der Waals surface area contributed by atoms with E-state index in [1.807, 2.05) is 0 Å². The monoisotopic (exact) mass is 370 g/mol. The van der Waals surface area contributed by atoms with Crippen LogP contribution < -0.4 is 5.32 Å². The zero-order chi connectivity index (χ0) is 19.5. The average molecular weight is 371 g/mol. The fraction of sp³-hybridized carbons (Fsp3) is 0.760. The Balaban J connectivity index is 1.49. The lowest BCUT2D eigenvalue weighted by atomic mass is 9.67. The van der Waals surface area contributed by atoms with Gasteiger partial charge in [0, 0.05) is 12.6 Å². The van der Waals surface area contributed by atoms with Crippen LogP contribution in [0.2, 0.25) is 0 Å². The number of nitrogens with zero attached hydrogens (tertiary/aromatic N) is 1. The van der Waals surface area contributed by atoms with Crippen LogP contribution in [0.1, 0.15) is 72.3 Å². The van der Waals surface area contributed by atoms with E-state index >= 15 is 0 Å². The number of hydrogen-bond donors (Lipinski definition) is 1. The van der Waals surface area contributed by atoms with Gasteiger partial charge in [-0.05, 0) is 80.0 Å². The summed E-state index contributed by atoms with van der Waals surface area (Å²) in [5, 5.41) is 3.85. The predicted octanol–water partition coefficient (Wildman–Crippen LogP) is 5.73. The minimum absolute atomic E-state index is 0.441. The summed E-state index contributed by atoms with van der Waals surface area (Å²) in [5.74, 6) is 1.73. The second-order valence-corrected chi connectivity index (χ2v) is 11.0. The maximum Gasteiger partial charge on any atom is 0.0233 e. The van der Waals surface area contributed by atoms with E-state index in [9.17, 15) is 0 Å². The van der Waals surface area contributed by atoms with Gasteiger partial charge < -0.3 is 5.32 Å². The molecular formula is C25H42N2. The van der Waals surface area contributed by atoms with Crippen molar-refractivity contribution in [3.05, 3.63) is 35.9 Å². The van der Waals surface area contributed by atoms with Crippen LogP contribution >= 0.6 is 0 Å². The molecule has 0 spiro atoms. The van der Waals surface area contributed by atoms with Crippen molar-refractivity contribution in [2.24, 2.45) is 22.7 Å². The zero-order valence-corrected chi connectivity index (χ0v) is 18.4. The van der Waals surface area contributed by atoms with Crippen molar-refractivity contribution < 1.29 is 0 Å². The molecule has 0 amide bonds. The van der Waals surface area contributed by atoms with Crippen molar-refractivity contribution in [1.82, 2.24) is 10.2 Å². The summed E-state index contributed by atoms with van der Waals surface area (Å²) in [6.07, 6.45) is 6.76. The first-order valence-corrected chi connectivity index (χ1v) is 11.2. The van der Waals surface area contributed by atoms with E-state index in [0.29, 0.717) is 16.9 Å². The van der Waals surface area contributed by atoms with Gasteiger partial charge in [0.05, 0.1) is 0 Å². The summed E-state index contributed by atoms with van der Waals surface area (Å²) < 4.78 is 0. The normalized spacial score (nSPS) is 26.3. The molecule has 2 aliphatic rings. The number of nitrogens with one attached hydrogen (secondary N) is 1. The molecule has 0 bridgehead atoms. The molecule has 2 atom stereocenters. The molecule has 1 aromatic rings. The van der Waals surface area contributed by atoms with E-state index in [-0.39, 0.29) is 0 Å². The van der Waals surface area contributed by atoms with Crippen LogP contribution in [0.15, 0.2) is 30.3 Å². The Bertz CT molecular complexity index is 564. The van der Waals surface area contributed by atoms with Crippen LogP contribution in [0.25, 0.3) is 0 Å². The van der Waals surface area contributed by atoms with Gasteiger partial charge >= 0.3 is 0 Å². The number of piperidine rings is 2. The summed E-state index contributed by atoms with van der Waals surface area (Å²) in [5.41, 5.74) is 2.35. The average Bonchev–Trinajstić information content (AvgIpc) is 2.62. The topological polar surface area (TPSA) is 15.3 Å². The van der Waals surface area contributed by atoms with E-state index in [1.54, 1.807) is 0 Å². The van der Waals surface area contributed by atoms with Gasteiger partial charge in [0.2, 0.25) is 0 Å². The summed E-state index contributed by atoms with van der Waals surface area (Å²) >= 11 is 0. The molecular weight excluding hydrogens is 328 g/mol. The third-order valence-electron chi connectivity index (χ3n) is 7.43. The van der Waals surface area contributed by atoms with Crippen LogP contribution in [0.5, 0.6) is 0 Å². The van der Waals surface area contributed by atoms with Crippen molar-refractivity contribution in [1.29, 1.82) is 0 Å². The largest absolute Gasteiger partial charge is 0.314 e. The molecule has 2 heterocycles. The van der Waals surface area contributed by atoms with Crippen LogP contribution in [0.3, 0.4) is 0 Å². The fourth-order valence-corrected chi connectivity index (χ4v) is 5.46. The molecule has 0 radical (unpaired) electrons. The molecule has 2 heteroatoms. The summed E-state index contributed by atoms with van der Waals surface area (Å²) in [6.45, 7) is 17.2. The lowest BCUT2D eigenvalue weighted by Gasteiger charge is -2.45. The molecule has 27 heavy (non-hydrogen) atoms. The highest BCUT2D eigenvalue weighted by molar-refractivity contribution is 5.14. The molecule has 2 aliphatic heterocycles. The lowest BCUT2D eigenvalue weighted by Crippen LogP contribution is -2.46. The van der Waals surface area contributed by atoms with E-state index in [2.05, 4.69) is 75.2 Å². The molecule has 152 valence electrons. The summed E-state index contributed by atoms with van der Waals surface area (Å²) in [6, 6.07) is 11.7. The molecule has 2 nitrogen and oxygen atoms in total. The van der Waals surface area contributed by atoms with Crippen molar-refractivity contribution >= 4 is 0 Å². The molecule has 3 rings (SSSR count). The van der Waals surface area contributed by atoms with Gasteiger partial charge in [0.15, 0.2) is 0 Å². The van der Waals surface area contributed by atoms with Gasteiger partial charge in [-0.3, -0.25) is 4.90 Å². The smallest absolute Gasteiger partial charge is 0.0233 e. The van der Waals surface area contributed by atoms with Gasteiger partial charge in [0.1, 0.15) is 0 Å². The minimum Gasteiger partial charge on any atom is -0.314 e. The summed E-state index contributed by atoms with van der Waals surface area (Å²) in [4.78, 5) is 2.65. The standard InChI is InChI=1S/C25H42N2/c1-24(2,3)22-11-14-26-23(17-22)18-25(4,5)21-12-15-27(16-13-21)19-20-9-7-6-8-10-20/h6-10,21-23,26H,11-19H2,1-5H3.